The van der Waals surface area contributed by atoms with Crippen molar-refractivity contribution in [1.29, 1.82) is 0 Å². The zero-order valence-electron chi connectivity index (χ0n) is 10.2. The van der Waals surface area contributed by atoms with E-state index >= 15 is 0 Å². The van der Waals surface area contributed by atoms with Crippen molar-refractivity contribution in [3.05, 3.63) is 24.2 Å². The van der Waals surface area contributed by atoms with Gasteiger partial charge in [-0.1, -0.05) is 19.3 Å². The van der Waals surface area contributed by atoms with Crippen LogP contribution in [0.3, 0.4) is 0 Å². The Bertz CT molecular complexity index is 518. The largest absolute Gasteiger partial charge is 0.461 e. The first kappa shape index (κ1) is 11.2. The predicted molar refractivity (Wildman–Crippen MR) is 67.8 cm³/mol. The Morgan fingerprint density at radius 3 is 2.67 bits per heavy atom. The van der Waals surface area contributed by atoms with Crippen molar-refractivity contribution in [2.75, 3.05) is 5.73 Å². The van der Waals surface area contributed by atoms with Crippen LogP contribution in [0.1, 0.15) is 43.8 Å². The third kappa shape index (κ3) is 2.20. The summed E-state index contributed by atoms with van der Waals surface area (Å²) in [4.78, 5) is 12.9. The number of aromatic nitrogens is 3. The van der Waals surface area contributed by atoms with E-state index in [1.807, 2.05) is 12.1 Å². The Hall–Kier alpha value is -1.91. The van der Waals surface area contributed by atoms with E-state index in [-0.39, 0.29) is 5.95 Å². The molecule has 0 atom stereocenters. The number of rotatable bonds is 2. The first-order chi connectivity index (χ1) is 8.83. The summed E-state index contributed by atoms with van der Waals surface area (Å²) in [6.07, 6.45) is 7.68. The van der Waals surface area contributed by atoms with Crippen LogP contribution in [0.5, 0.6) is 0 Å². The Balaban J connectivity index is 1.95. The number of hydrogen-bond acceptors (Lipinski definition) is 5. The van der Waals surface area contributed by atoms with Gasteiger partial charge in [-0.15, -0.1) is 0 Å². The summed E-state index contributed by atoms with van der Waals surface area (Å²) in [5.74, 6) is 2.68. The van der Waals surface area contributed by atoms with E-state index in [4.69, 9.17) is 10.2 Å². The standard InChI is InChI=1S/C13H16N4O/c14-13-16-11(9-5-2-1-3-6-9)15-12(17-13)10-7-4-8-18-10/h4,7-9H,1-3,5-6H2,(H2,14,15,16,17). The fraction of sp³-hybridized carbons (Fsp3) is 0.462. The van der Waals surface area contributed by atoms with Gasteiger partial charge in [0.15, 0.2) is 5.76 Å². The molecule has 18 heavy (non-hydrogen) atoms. The Kier molecular flexibility index (Phi) is 2.96. The van der Waals surface area contributed by atoms with Crippen molar-refractivity contribution in [3.63, 3.8) is 0 Å². The minimum Gasteiger partial charge on any atom is -0.461 e. The molecule has 0 unspecified atom stereocenters. The van der Waals surface area contributed by atoms with E-state index in [1.54, 1.807) is 6.26 Å². The maximum Gasteiger partial charge on any atom is 0.223 e. The molecule has 0 spiro atoms. The van der Waals surface area contributed by atoms with Crippen LogP contribution in [-0.2, 0) is 0 Å². The van der Waals surface area contributed by atoms with Crippen LogP contribution in [0, 0.1) is 0 Å². The van der Waals surface area contributed by atoms with Gasteiger partial charge in [0.2, 0.25) is 11.8 Å². The highest BCUT2D eigenvalue weighted by atomic mass is 16.3. The van der Waals surface area contributed by atoms with Crippen molar-refractivity contribution in [2.24, 2.45) is 0 Å². The normalized spacial score (nSPS) is 16.9. The number of hydrogen-bond donors (Lipinski definition) is 1. The van der Waals surface area contributed by atoms with Gasteiger partial charge in [-0.25, -0.2) is 4.98 Å². The zero-order chi connectivity index (χ0) is 12.4. The number of nitrogens with two attached hydrogens (primary N) is 1. The minimum atomic E-state index is 0.275. The van der Waals surface area contributed by atoms with E-state index in [0.29, 0.717) is 17.5 Å². The molecule has 1 aliphatic rings. The molecule has 0 saturated heterocycles. The maximum absolute atomic E-state index is 5.77. The van der Waals surface area contributed by atoms with Crippen molar-refractivity contribution in [3.8, 4) is 11.6 Å². The molecule has 5 heteroatoms. The lowest BCUT2D eigenvalue weighted by atomic mass is 9.89. The second kappa shape index (κ2) is 4.76. The third-order valence-corrected chi connectivity index (χ3v) is 3.38. The predicted octanol–water partition coefficient (Wildman–Crippen LogP) is 2.76. The van der Waals surface area contributed by atoms with Crippen molar-refractivity contribution in [1.82, 2.24) is 15.0 Å². The molecule has 5 nitrogen and oxygen atoms in total. The average molecular weight is 244 g/mol. The molecule has 0 aliphatic heterocycles. The van der Waals surface area contributed by atoms with E-state index < -0.39 is 0 Å². The lowest BCUT2D eigenvalue weighted by molar-refractivity contribution is 0.428. The molecule has 0 amide bonds. The van der Waals surface area contributed by atoms with Crippen LogP contribution in [0.2, 0.25) is 0 Å². The molecular formula is C13H16N4O. The van der Waals surface area contributed by atoms with Gasteiger partial charge in [-0.3, -0.25) is 0 Å². The van der Waals surface area contributed by atoms with E-state index in [2.05, 4.69) is 15.0 Å². The highest BCUT2D eigenvalue weighted by molar-refractivity contribution is 5.47. The van der Waals surface area contributed by atoms with Gasteiger partial charge < -0.3 is 10.2 Å². The fourth-order valence-corrected chi connectivity index (χ4v) is 2.47. The Morgan fingerprint density at radius 2 is 1.94 bits per heavy atom. The maximum atomic E-state index is 5.77. The van der Waals surface area contributed by atoms with Gasteiger partial charge in [0.1, 0.15) is 5.82 Å². The van der Waals surface area contributed by atoms with Crippen molar-refractivity contribution in [2.45, 2.75) is 38.0 Å². The smallest absolute Gasteiger partial charge is 0.223 e. The Morgan fingerprint density at radius 1 is 1.11 bits per heavy atom. The highest BCUT2D eigenvalue weighted by Gasteiger charge is 2.20. The van der Waals surface area contributed by atoms with E-state index in [9.17, 15) is 0 Å². The molecule has 0 aromatic carbocycles. The molecule has 0 radical (unpaired) electrons. The number of furan rings is 1. The zero-order valence-corrected chi connectivity index (χ0v) is 10.2. The number of anilines is 1. The summed E-state index contributed by atoms with van der Waals surface area (Å²) in [7, 11) is 0. The number of nitrogen functional groups attached to an aromatic ring is 1. The van der Waals surface area contributed by atoms with Crippen LogP contribution in [0.25, 0.3) is 11.6 Å². The molecule has 1 aliphatic carbocycles. The molecule has 2 N–H and O–H groups in total. The van der Waals surface area contributed by atoms with Gasteiger partial charge in [0, 0.05) is 5.92 Å². The molecule has 2 aromatic heterocycles. The Labute approximate surface area is 105 Å². The van der Waals surface area contributed by atoms with Crippen LogP contribution in [-0.4, -0.2) is 15.0 Å². The SMILES string of the molecule is Nc1nc(-c2ccco2)nc(C2CCCCC2)n1. The van der Waals surface area contributed by atoms with Gasteiger partial charge in [-0.2, -0.15) is 9.97 Å². The molecule has 2 heterocycles. The average Bonchev–Trinajstić information content (AvgIpc) is 2.93. The molecular weight excluding hydrogens is 228 g/mol. The van der Waals surface area contributed by atoms with Gasteiger partial charge in [0.25, 0.3) is 0 Å². The lowest BCUT2D eigenvalue weighted by Gasteiger charge is -2.20. The molecule has 94 valence electrons. The van der Waals surface area contributed by atoms with Crippen LogP contribution >= 0.6 is 0 Å². The summed E-state index contributed by atoms with van der Waals surface area (Å²) in [5.41, 5.74) is 5.77. The summed E-state index contributed by atoms with van der Waals surface area (Å²) < 4.78 is 5.31. The van der Waals surface area contributed by atoms with E-state index in [0.717, 1.165) is 18.7 Å². The van der Waals surface area contributed by atoms with Gasteiger partial charge in [0.05, 0.1) is 6.26 Å². The molecule has 0 bridgehead atoms. The molecule has 2 aromatic rings. The minimum absolute atomic E-state index is 0.275. The van der Waals surface area contributed by atoms with Gasteiger partial charge in [-0.05, 0) is 25.0 Å². The quantitative estimate of drug-likeness (QED) is 0.878. The van der Waals surface area contributed by atoms with E-state index in [1.165, 1.54) is 19.3 Å². The summed E-state index contributed by atoms with van der Waals surface area (Å²) in [6.45, 7) is 0. The second-order valence-corrected chi connectivity index (χ2v) is 4.69. The molecule has 3 rings (SSSR count). The summed E-state index contributed by atoms with van der Waals surface area (Å²) >= 11 is 0. The summed E-state index contributed by atoms with van der Waals surface area (Å²) in [5, 5.41) is 0. The fourth-order valence-electron chi connectivity index (χ4n) is 2.47. The monoisotopic (exact) mass is 244 g/mol. The highest BCUT2D eigenvalue weighted by Crippen LogP contribution is 2.31. The first-order valence-electron chi connectivity index (χ1n) is 6.38. The molecule has 1 fully saturated rings. The topological polar surface area (TPSA) is 77.8 Å². The van der Waals surface area contributed by atoms with Crippen LogP contribution in [0.4, 0.5) is 5.95 Å². The first-order valence-corrected chi connectivity index (χ1v) is 6.38. The van der Waals surface area contributed by atoms with Crippen molar-refractivity contribution < 1.29 is 4.42 Å². The summed E-state index contributed by atoms with van der Waals surface area (Å²) in [6, 6.07) is 3.65. The third-order valence-electron chi connectivity index (χ3n) is 3.38. The van der Waals surface area contributed by atoms with Crippen LogP contribution < -0.4 is 5.73 Å². The van der Waals surface area contributed by atoms with Crippen LogP contribution in [0.15, 0.2) is 22.8 Å². The van der Waals surface area contributed by atoms with Crippen molar-refractivity contribution >= 4 is 5.95 Å². The molecule has 1 saturated carbocycles. The lowest BCUT2D eigenvalue weighted by Crippen LogP contribution is -2.12. The van der Waals surface area contributed by atoms with Gasteiger partial charge >= 0.3 is 0 Å². The number of nitrogens with zero attached hydrogens (tertiary/aromatic N) is 3. The second-order valence-electron chi connectivity index (χ2n) is 4.69.